The second-order valence-corrected chi connectivity index (χ2v) is 8.33. The first kappa shape index (κ1) is 21.9. The van der Waals surface area contributed by atoms with Gasteiger partial charge in [-0.1, -0.05) is 12.8 Å². The minimum Gasteiger partial charge on any atom is -0.365 e. The van der Waals surface area contributed by atoms with Crippen LogP contribution >= 0.6 is 0 Å². The largest absolute Gasteiger partial charge is 0.365 e. The lowest BCUT2D eigenvalue weighted by Gasteiger charge is -2.24. The lowest BCUT2D eigenvalue weighted by atomic mass is 10.0. The van der Waals surface area contributed by atoms with E-state index in [1.807, 2.05) is 13.8 Å². The Morgan fingerprint density at radius 1 is 1.28 bits per heavy atom. The van der Waals surface area contributed by atoms with Crippen molar-refractivity contribution in [1.82, 2.24) is 14.8 Å². The molecule has 0 aliphatic heterocycles. The fraction of sp³-hybridized carbons (Fsp3) is 0.409. The van der Waals surface area contributed by atoms with Gasteiger partial charge in [-0.25, -0.2) is 9.37 Å². The van der Waals surface area contributed by atoms with Gasteiger partial charge < -0.3 is 22.1 Å². The highest BCUT2D eigenvalue weighted by molar-refractivity contribution is 5.99. The third kappa shape index (κ3) is 4.50. The van der Waals surface area contributed by atoms with Crippen LogP contribution in [0.5, 0.6) is 0 Å². The van der Waals surface area contributed by atoms with Crippen molar-refractivity contribution >= 4 is 34.1 Å². The smallest absolute Gasteiger partial charge is 0.252 e. The molecule has 2 atom stereocenters. The molecule has 1 fully saturated rings. The third-order valence-corrected chi connectivity index (χ3v) is 5.75. The van der Waals surface area contributed by atoms with E-state index in [1.165, 1.54) is 4.68 Å². The van der Waals surface area contributed by atoms with Gasteiger partial charge in [0.2, 0.25) is 5.95 Å². The van der Waals surface area contributed by atoms with Crippen molar-refractivity contribution in [2.24, 2.45) is 17.4 Å². The highest BCUT2D eigenvalue weighted by atomic mass is 19.1. The van der Waals surface area contributed by atoms with Gasteiger partial charge in [0.1, 0.15) is 5.82 Å². The topological polar surface area (TPSA) is 124 Å². The maximum Gasteiger partial charge on any atom is 0.252 e. The molecule has 10 heteroatoms. The van der Waals surface area contributed by atoms with Gasteiger partial charge >= 0.3 is 0 Å². The zero-order chi connectivity index (χ0) is 23.0. The number of hydrogen-bond donors (Lipinski definition) is 4. The summed E-state index contributed by atoms with van der Waals surface area (Å²) in [5.41, 5.74) is 12.6. The average molecular weight is 444 g/mol. The van der Waals surface area contributed by atoms with Crippen LogP contribution in [0.25, 0.3) is 10.9 Å². The molecule has 8 nitrogen and oxygen atoms in total. The molecule has 1 aliphatic carbocycles. The van der Waals surface area contributed by atoms with E-state index in [4.69, 9.17) is 11.5 Å². The summed E-state index contributed by atoms with van der Waals surface area (Å²) >= 11 is 0. The Labute approximate surface area is 184 Å². The predicted octanol–water partition coefficient (Wildman–Crippen LogP) is 3.50. The number of amides is 1. The van der Waals surface area contributed by atoms with Crippen molar-refractivity contribution in [2.75, 3.05) is 10.6 Å². The van der Waals surface area contributed by atoms with E-state index in [1.54, 1.807) is 18.2 Å². The molecule has 170 valence electrons. The van der Waals surface area contributed by atoms with Crippen molar-refractivity contribution in [3.05, 3.63) is 41.6 Å². The Morgan fingerprint density at radius 2 is 2.03 bits per heavy atom. The van der Waals surface area contributed by atoms with Gasteiger partial charge in [0.05, 0.1) is 16.5 Å². The van der Waals surface area contributed by atoms with E-state index >= 15 is 0 Å². The number of pyridine rings is 1. The lowest BCUT2D eigenvalue weighted by Crippen LogP contribution is -2.39. The summed E-state index contributed by atoms with van der Waals surface area (Å²) in [6.45, 7) is 4.20. The van der Waals surface area contributed by atoms with Gasteiger partial charge in [-0.15, -0.1) is 5.10 Å². The molecular weight excluding hydrogens is 416 g/mol. The number of anilines is 3. The number of carbonyl (C=O) groups is 1. The standard InChI is InChI=1S/C22H27F2N7O/c1-3-31-18-9-13(6-7-14(18)19(24)30-31)27-21-15(20(26)32)10-16(23)22(29-21)28-17(11(2)25)8-12-4-5-12/h6-7,9-12,17H,3-5,8,25H2,1-2H3,(H2,26,32)(H2,27,28,29). The molecule has 0 bridgehead atoms. The van der Waals surface area contributed by atoms with E-state index in [2.05, 4.69) is 20.7 Å². The molecule has 0 spiro atoms. The number of nitrogens with zero attached hydrogens (tertiary/aromatic N) is 3. The van der Waals surface area contributed by atoms with E-state index in [0.717, 1.165) is 25.3 Å². The second-order valence-electron chi connectivity index (χ2n) is 8.33. The molecule has 4 rings (SSSR count). The van der Waals surface area contributed by atoms with Gasteiger partial charge in [-0.2, -0.15) is 4.39 Å². The number of halogens is 2. The van der Waals surface area contributed by atoms with E-state index in [0.29, 0.717) is 29.1 Å². The van der Waals surface area contributed by atoms with Crippen LogP contribution < -0.4 is 22.1 Å². The van der Waals surface area contributed by atoms with Crippen molar-refractivity contribution in [3.63, 3.8) is 0 Å². The zero-order valence-corrected chi connectivity index (χ0v) is 18.0. The van der Waals surface area contributed by atoms with Gasteiger partial charge in [-0.05, 0) is 50.5 Å². The monoisotopic (exact) mass is 443 g/mol. The molecule has 1 saturated carbocycles. The molecular formula is C22H27F2N7O. The molecule has 32 heavy (non-hydrogen) atoms. The van der Waals surface area contributed by atoms with E-state index < -0.39 is 17.7 Å². The Morgan fingerprint density at radius 3 is 2.66 bits per heavy atom. The number of benzene rings is 1. The lowest BCUT2D eigenvalue weighted by molar-refractivity contribution is 0.100. The zero-order valence-electron chi connectivity index (χ0n) is 18.0. The molecule has 1 aliphatic rings. The quantitative estimate of drug-likeness (QED) is 0.401. The maximum absolute atomic E-state index is 14.8. The van der Waals surface area contributed by atoms with Crippen LogP contribution in [0.2, 0.25) is 0 Å². The first-order chi connectivity index (χ1) is 15.3. The summed E-state index contributed by atoms with van der Waals surface area (Å²) in [7, 11) is 0. The summed E-state index contributed by atoms with van der Waals surface area (Å²) in [5, 5.41) is 10.4. The minimum atomic E-state index is -0.821. The second kappa shape index (κ2) is 8.70. The van der Waals surface area contributed by atoms with Crippen LogP contribution in [0.4, 0.5) is 26.1 Å². The van der Waals surface area contributed by atoms with Crippen molar-refractivity contribution in [1.29, 1.82) is 0 Å². The van der Waals surface area contributed by atoms with Crippen molar-refractivity contribution in [2.45, 2.75) is 51.7 Å². The minimum absolute atomic E-state index is 0.00817. The molecule has 1 aromatic carbocycles. The number of hydrogen-bond acceptors (Lipinski definition) is 6. The number of nitrogens with one attached hydrogen (secondary N) is 2. The summed E-state index contributed by atoms with van der Waals surface area (Å²) in [4.78, 5) is 16.3. The van der Waals surface area contributed by atoms with E-state index in [-0.39, 0.29) is 29.3 Å². The Hall–Kier alpha value is -3.27. The summed E-state index contributed by atoms with van der Waals surface area (Å²) in [6, 6.07) is 5.60. The molecule has 2 aromatic heterocycles. The van der Waals surface area contributed by atoms with Crippen LogP contribution in [-0.2, 0) is 6.54 Å². The Bertz CT molecular complexity index is 1160. The Kier molecular flexibility index (Phi) is 5.96. The first-order valence-corrected chi connectivity index (χ1v) is 10.7. The molecule has 0 radical (unpaired) electrons. The van der Waals surface area contributed by atoms with E-state index in [9.17, 15) is 13.6 Å². The SMILES string of the molecule is CCn1nc(F)c2ccc(Nc3nc(NC(CC4CC4)C(C)N)c(F)cc3C(N)=O)cc21. The van der Waals surface area contributed by atoms with Gasteiger partial charge in [0.15, 0.2) is 11.6 Å². The number of primary amides is 1. The molecule has 3 aromatic rings. The predicted molar refractivity (Wildman–Crippen MR) is 120 cm³/mol. The number of aryl methyl sites for hydroxylation is 1. The van der Waals surface area contributed by atoms with Crippen LogP contribution in [0, 0.1) is 17.7 Å². The number of nitrogens with two attached hydrogens (primary N) is 2. The summed E-state index contributed by atoms with van der Waals surface area (Å²) in [5.74, 6) is -1.40. The number of carbonyl (C=O) groups excluding carboxylic acids is 1. The molecule has 2 unspecified atom stereocenters. The summed E-state index contributed by atoms with van der Waals surface area (Å²) < 4.78 is 30.3. The fourth-order valence-corrected chi connectivity index (χ4v) is 3.76. The van der Waals surface area contributed by atoms with Crippen LogP contribution in [0.1, 0.15) is 43.5 Å². The molecule has 6 N–H and O–H groups in total. The molecule has 0 saturated heterocycles. The van der Waals surface area contributed by atoms with Crippen LogP contribution in [0.3, 0.4) is 0 Å². The maximum atomic E-state index is 14.8. The number of fused-ring (bicyclic) bond motifs is 1. The highest BCUT2D eigenvalue weighted by Gasteiger charge is 2.28. The average Bonchev–Trinajstić information content (AvgIpc) is 3.51. The Balaban J connectivity index is 1.68. The normalized spacial score (nSPS) is 15.5. The first-order valence-electron chi connectivity index (χ1n) is 10.7. The van der Waals surface area contributed by atoms with Gasteiger partial charge in [0.25, 0.3) is 5.91 Å². The van der Waals surface area contributed by atoms with Crippen LogP contribution in [0.15, 0.2) is 24.3 Å². The van der Waals surface area contributed by atoms with Crippen molar-refractivity contribution in [3.8, 4) is 0 Å². The molecule has 1 amide bonds. The molecule has 2 heterocycles. The van der Waals surface area contributed by atoms with Crippen LogP contribution in [-0.4, -0.2) is 32.8 Å². The van der Waals surface area contributed by atoms with Crippen molar-refractivity contribution < 1.29 is 13.6 Å². The van der Waals surface area contributed by atoms with Gasteiger partial charge in [0, 0.05) is 24.3 Å². The number of aromatic nitrogens is 3. The fourth-order valence-electron chi connectivity index (χ4n) is 3.76. The third-order valence-electron chi connectivity index (χ3n) is 5.75. The highest BCUT2D eigenvalue weighted by Crippen LogP contribution is 2.35. The number of rotatable bonds is 9. The summed E-state index contributed by atoms with van der Waals surface area (Å²) in [6.07, 6.45) is 3.11. The van der Waals surface area contributed by atoms with Gasteiger partial charge in [-0.3, -0.25) is 9.48 Å².